The molecule has 172 valence electrons. The number of para-hydroxylation sites is 1. The second-order valence-corrected chi connectivity index (χ2v) is 9.03. The number of carbonyl (C=O) groups excluding carboxylic acids is 2. The van der Waals surface area contributed by atoms with Crippen LogP contribution in [0.2, 0.25) is 5.02 Å². The van der Waals surface area contributed by atoms with E-state index in [1.165, 1.54) is 24.3 Å². The summed E-state index contributed by atoms with van der Waals surface area (Å²) in [7, 11) is -4.06. The smallest absolute Gasteiger partial charge is 0.340 e. The number of halogens is 1. The largest absolute Gasteiger partial charge is 0.452 e. The third-order valence-electron chi connectivity index (χ3n) is 4.31. The van der Waals surface area contributed by atoms with E-state index >= 15 is 0 Å². The minimum absolute atomic E-state index is 0.00996. The molecule has 0 bridgehead atoms. The number of aryl methyl sites for hydroxylation is 1. The lowest BCUT2D eigenvalue weighted by molar-refractivity contribution is -0.119. The molecule has 0 aliphatic rings. The van der Waals surface area contributed by atoms with Crippen molar-refractivity contribution in [2.75, 3.05) is 22.8 Å². The Kier molecular flexibility index (Phi) is 7.52. The molecule has 1 heterocycles. The third kappa shape index (κ3) is 5.79. The Hall–Kier alpha value is -3.63. The van der Waals surface area contributed by atoms with Crippen molar-refractivity contribution in [1.82, 2.24) is 5.16 Å². The minimum Gasteiger partial charge on any atom is -0.452 e. The van der Waals surface area contributed by atoms with Gasteiger partial charge in [0.1, 0.15) is 0 Å². The third-order valence-corrected chi connectivity index (χ3v) is 6.43. The summed E-state index contributed by atoms with van der Waals surface area (Å²) in [5, 5.41) is 5.97. The first-order valence-electron chi connectivity index (χ1n) is 9.61. The van der Waals surface area contributed by atoms with Crippen LogP contribution in [0.5, 0.6) is 0 Å². The van der Waals surface area contributed by atoms with E-state index in [1.807, 2.05) is 0 Å². The van der Waals surface area contributed by atoms with Gasteiger partial charge in [-0.15, -0.1) is 6.58 Å². The first-order valence-corrected chi connectivity index (χ1v) is 11.4. The molecule has 0 atom stereocenters. The van der Waals surface area contributed by atoms with Crippen LogP contribution in [-0.4, -0.2) is 38.6 Å². The highest BCUT2D eigenvalue weighted by atomic mass is 35.5. The molecule has 0 radical (unpaired) electrons. The zero-order valence-electron chi connectivity index (χ0n) is 17.5. The lowest BCUT2D eigenvalue weighted by Gasteiger charge is -2.23. The van der Waals surface area contributed by atoms with Crippen molar-refractivity contribution in [2.24, 2.45) is 0 Å². The van der Waals surface area contributed by atoms with Crippen LogP contribution in [0.15, 0.2) is 76.7 Å². The SMILES string of the molecule is C=CCN(c1ccccc1)S(=O)(=O)c1ccc(Cl)c(C(=O)OCC(=O)Nc2cc(C)no2)c1. The van der Waals surface area contributed by atoms with Gasteiger partial charge in [0.2, 0.25) is 5.88 Å². The number of hydrogen-bond acceptors (Lipinski definition) is 7. The van der Waals surface area contributed by atoms with Crippen LogP contribution in [0.1, 0.15) is 16.1 Å². The maximum absolute atomic E-state index is 13.3. The Balaban J connectivity index is 1.79. The number of sulfonamides is 1. The van der Waals surface area contributed by atoms with Crippen LogP contribution in [0.4, 0.5) is 11.6 Å². The number of hydrogen-bond donors (Lipinski definition) is 1. The number of ether oxygens (including phenoxy) is 1. The number of nitrogens with one attached hydrogen (secondary N) is 1. The van der Waals surface area contributed by atoms with E-state index in [0.29, 0.717) is 11.4 Å². The number of amides is 1. The summed E-state index contributed by atoms with van der Waals surface area (Å²) in [5.41, 5.74) is 0.788. The van der Waals surface area contributed by atoms with E-state index in [9.17, 15) is 18.0 Å². The average molecular weight is 490 g/mol. The second kappa shape index (κ2) is 10.3. The summed E-state index contributed by atoms with van der Waals surface area (Å²) in [4.78, 5) is 24.3. The molecule has 0 unspecified atom stereocenters. The van der Waals surface area contributed by atoms with Crippen LogP contribution >= 0.6 is 11.6 Å². The van der Waals surface area contributed by atoms with Gasteiger partial charge in [-0.2, -0.15) is 0 Å². The van der Waals surface area contributed by atoms with Crippen LogP contribution in [0, 0.1) is 6.92 Å². The molecule has 1 N–H and O–H groups in total. The summed E-state index contributed by atoms with van der Waals surface area (Å²) >= 11 is 6.10. The zero-order chi connectivity index (χ0) is 24.0. The molecule has 0 aliphatic heterocycles. The molecule has 0 spiro atoms. The van der Waals surface area contributed by atoms with Crippen LogP contribution in [0.3, 0.4) is 0 Å². The van der Waals surface area contributed by atoms with Crippen LogP contribution in [0.25, 0.3) is 0 Å². The van der Waals surface area contributed by atoms with Gasteiger partial charge < -0.3 is 9.26 Å². The summed E-state index contributed by atoms with van der Waals surface area (Å²) in [6.45, 7) is 4.66. The van der Waals surface area contributed by atoms with Crippen molar-refractivity contribution in [3.8, 4) is 0 Å². The van der Waals surface area contributed by atoms with Crippen molar-refractivity contribution in [2.45, 2.75) is 11.8 Å². The molecule has 0 saturated heterocycles. The Bertz CT molecular complexity index is 1270. The molecule has 0 fully saturated rings. The standard InChI is InChI=1S/C22H20ClN3O6S/c1-3-11-26(16-7-5-4-6-8-16)33(29,30)17-9-10-19(23)18(13-17)22(28)31-14-20(27)24-21-12-15(2)25-32-21/h3-10,12-13H,1,11,14H2,2H3,(H,24,27). The quantitative estimate of drug-likeness (QED) is 0.358. The Labute approximate surface area is 195 Å². The van der Waals surface area contributed by atoms with Gasteiger partial charge in [-0.25, -0.2) is 13.2 Å². The minimum atomic E-state index is -4.06. The van der Waals surface area contributed by atoms with Gasteiger partial charge in [0.25, 0.3) is 15.9 Å². The molecule has 3 rings (SSSR count). The molecule has 1 amide bonds. The highest BCUT2D eigenvalue weighted by Crippen LogP contribution is 2.27. The fraction of sp³-hybridized carbons (Fsp3) is 0.136. The number of anilines is 2. The fourth-order valence-corrected chi connectivity index (χ4v) is 4.46. The summed E-state index contributed by atoms with van der Waals surface area (Å²) in [6, 6.07) is 13.6. The molecule has 1 aromatic heterocycles. The van der Waals surface area contributed by atoms with Gasteiger partial charge in [0.15, 0.2) is 6.61 Å². The Morgan fingerprint density at radius 1 is 1.21 bits per heavy atom. The normalized spacial score (nSPS) is 11.0. The number of esters is 1. The summed E-state index contributed by atoms with van der Waals surface area (Å²) < 4.78 is 37.6. The number of carbonyl (C=O) groups is 2. The van der Waals surface area contributed by atoms with Crippen LogP contribution in [-0.2, 0) is 19.6 Å². The molecule has 3 aromatic rings. The predicted octanol–water partition coefficient (Wildman–Crippen LogP) is 3.81. The van der Waals surface area contributed by atoms with Gasteiger partial charge >= 0.3 is 5.97 Å². The van der Waals surface area contributed by atoms with E-state index < -0.39 is 28.5 Å². The second-order valence-electron chi connectivity index (χ2n) is 6.76. The monoisotopic (exact) mass is 489 g/mol. The number of rotatable bonds is 9. The fourth-order valence-electron chi connectivity index (χ4n) is 2.81. The maximum atomic E-state index is 13.3. The summed E-state index contributed by atoms with van der Waals surface area (Å²) in [5.74, 6) is -1.53. The van der Waals surface area contributed by atoms with E-state index in [-0.39, 0.29) is 27.9 Å². The lowest BCUT2D eigenvalue weighted by atomic mass is 10.2. The average Bonchev–Trinajstić information content (AvgIpc) is 3.20. The van der Waals surface area contributed by atoms with Gasteiger partial charge in [0.05, 0.1) is 33.4 Å². The number of aromatic nitrogens is 1. The van der Waals surface area contributed by atoms with Gasteiger partial charge in [-0.3, -0.25) is 14.4 Å². The van der Waals surface area contributed by atoms with E-state index in [2.05, 4.69) is 17.1 Å². The summed E-state index contributed by atoms with van der Waals surface area (Å²) in [6.07, 6.45) is 1.45. The van der Waals surface area contributed by atoms with Crippen molar-refractivity contribution in [3.63, 3.8) is 0 Å². The Morgan fingerprint density at radius 3 is 2.58 bits per heavy atom. The maximum Gasteiger partial charge on any atom is 0.340 e. The van der Waals surface area contributed by atoms with Crippen molar-refractivity contribution >= 4 is 45.1 Å². The molecular weight excluding hydrogens is 470 g/mol. The van der Waals surface area contributed by atoms with Crippen molar-refractivity contribution in [3.05, 3.63) is 83.5 Å². The number of benzene rings is 2. The molecule has 0 saturated carbocycles. The highest BCUT2D eigenvalue weighted by Gasteiger charge is 2.26. The van der Waals surface area contributed by atoms with Crippen molar-refractivity contribution in [1.29, 1.82) is 0 Å². The molecule has 11 heteroatoms. The molecular formula is C22H20ClN3O6S. The first kappa shape index (κ1) is 24.0. The topological polar surface area (TPSA) is 119 Å². The molecule has 0 aliphatic carbocycles. The van der Waals surface area contributed by atoms with E-state index in [1.54, 1.807) is 37.3 Å². The van der Waals surface area contributed by atoms with E-state index in [4.69, 9.17) is 20.9 Å². The van der Waals surface area contributed by atoms with Gasteiger partial charge in [0, 0.05) is 6.07 Å². The highest BCUT2D eigenvalue weighted by molar-refractivity contribution is 7.92. The molecule has 2 aromatic carbocycles. The van der Waals surface area contributed by atoms with Gasteiger partial charge in [-0.05, 0) is 37.3 Å². The van der Waals surface area contributed by atoms with Crippen LogP contribution < -0.4 is 9.62 Å². The van der Waals surface area contributed by atoms with E-state index in [0.717, 1.165) is 10.4 Å². The molecule has 33 heavy (non-hydrogen) atoms. The Morgan fingerprint density at radius 2 is 1.94 bits per heavy atom. The predicted molar refractivity (Wildman–Crippen MR) is 123 cm³/mol. The lowest BCUT2D eigenvalue weighted by Crippen LogP contribution is -2.31. The zero-order valence-corrected chi connectivity index (χ0v) is 19.1. The molecule has 9 nitrogen and oxygen atoms in total. The first-order chi connectivity index (χ1) is 15.7. The van der Waals surface area contributed by atoms with Crippen molar-refractivity contribution < 1.29 is 27.3 Å². The number of nitrogens with zero attached hydrogens (tertiary/aromatic N) is 2. The van der Waals surface area contributed by atoms with Gasteiger partial charge in [-0.1, -0.05) is 41.0 Å².